The minimum atomic E-state index is 0.0744. The normalized spacial score (nSPS) is 16.8. The van der Waals surface area contributed by atoms with E-state index in [-0.39, 0.29) is 5.92 Å². The maximum atomic E-state index is 9.08. The summed E-state index contributed by atoms with van der Waals surface area (Å²) in [4.78, 5) is 0. The Hall–Kier alpha value is -1.55. The Balaban J connectivity index is 2.38. The van der Waals surface area contributed by atoms with Crippen molar-refractivity contribution in [3.8, 4) is 6.07 Å². The molecule has 1 fully saturated rings. The quantitative estimate of drug-likeness (QED) is 0.678. The van der Waals surface area contributed by atoms with Crippen LogP contribution in [0.1, 0.15) is 41.4 Å². The number of nitrogens with zero attached hydrogens (tertiary/aromatic N) is 1. The molecule has 1 aromatic carbocycles. The molecule has 0 saturated heterocycles. The minimum Gasteiger partial charge on any atom is -0.192 e. The maximum absolute atomic E-state index is 9.08. The number of hydrogen-bond acceptors (Lipinski definition) is 1. The van der Waals surface area contributed by atoms with Crippen LogP contribution in [0, 0.1) is 18.3 Å². The van der Waals surface area contributed by atoms with Crippen molar-refractivity contribution >= 4 is 0 Å². The molecule has 1 radical (unpaired) electrons. The van der Waals surface area contributed by atoms with E-state index in [1.165, 1.54) is 18.4 Å². The number of allylic oxidation sites excluding steroid dienone is 1. The molecular weight excluding hydrogens is 182 g/mol. The molecule has 1 saturated carbocycles. The van der Waals surface area contributed by atoms with E-state index in [2.05, 4.69) is 31.7 Å². The first-order valence-electron chi connectivity index (χ1n) is 5.26. The Labute approximate surface area is 91.0 Å². The van der Waals surface area contributed by atoms with Gasteiger partial charge in [0.25, 0.3) is 0 Å². The first kappa shape index (κ1) is 9.98. The summed E-state index contributed by atoms with van der Waals surface area (Å²) in [6.45, 7) is 7.68. The molecule has 1 atom stereocenters. The molecule has 0 heterocycles. The van der Waals surface area contributed by atoms with Crippen molar-refractivity contribution < 1.29 is 0 Å². The van der Waals surface area contributed by atoms with Gasteiger partial charge in [0.1, 0.15) is 0 Å². The zero-order chi connectivity index (χ0) is 10.8. The number of benzene rings is 1. The van der Waals surface area contributed by atoms with Gasteiger partial charge in [-0.3, -0.25) is 0 Å². The van der Waals surface area contributed by atoms with Crippen LogP contribution in [-0.2, 0) is 0 Å². The summed E-state index contributed by atoms with van der Waals surface area (Å²) in [6, 6.07) is 8.37. The van der Waals surface area contributed by atoms with Crippen molar-refractivity contribution in [3.05, 3.63) is 54.5 Å². The monoisotopic (exact) mass is 196 g/mol. The predicted molar refractivity (Wildman–Crippen MR) is 61.4 cm³/mol. The van der Waals surface area contributed by atoms with Crippen LogP contribution in [0.4, 0.5) is 0 Å². The van der Waals surface area contributed by atoms with Crippen molar-refractivity contribution in [2.45, 2.75) is 24.7 Å². The van der Waals surface area contributed by atoms with Crippen molar-refractivity contribution in [2.75, 3.05) is 0 Å². The second kappa shape index (κ2) is 3.90. The zero-order valence-corrected chi connectivity index (χ0v) is 8.74. The second-order valence-corrected chi connectivity index (χ2v) is 4.07. The van der Waals surface area contributed by atoms with Gasteiger partial charge in [0, 0.05) is 5.92 Å². The van der Waals surface area contributed by atoms with Crippen LogP contribution in [0.3, 0.4) is 0 Å². The summed E-state index contributed by atoms with van der Waals surface area (Å²) in [7, 11) is 0. The molecule has 0 spiro atoms. The molecule has 2 rings (SSSR count). The van der Waals surface area contributed by atoms with E-state index in [1.54, 1.807) is 6.08 Å². The smallest absolute Gasteiger partial charge is 0.0994 e. The van der Waals surface area contributed by atoms with Crippen LogP contribution >= 0.6 is 0 Å². The van der Waals surface area contributed by atoms with Crippen LogP contribution in [0.2, 0.25) is 0 Å². The lowest BCUT2D eigenvalue weighted by Gasteiger charge is -2.09. The molecule has 0 aliphatic heterocycles. The van der Waals surface area contributed by atoms with Crippen molar-refractivity contribution in [1.82, 2.24) is 0 Å². The Morgan fingerprint density at radius 2 is 2.20 bits per heavy atom. The lowest BCUT2D eigenvalue weighted by molar-refractivity contribution is 1.05. The molecule has 1 nitrogen and oxygen atoms in total. The Kier molecular flexibility index (Phi) is 2.60. The van der Waals surface area contributed by atoms with Crippen molar-refractivity contribution in [2.24, 2.45) is 0 Å². The topological polar surface area (TPSA) is 23.8 Å². The van der Waals surface area contributed by atoms with E-state index in [9.17, 15) is 0 Å². The van der Waals surface area contributed by atoms with Gasteiger partial charge in [0.2, 0.25) is 0 Å². The molecular formula is C14H14N. The van der Waals surface area contributed by atoms with Gasteiger partial charge in [0.15, 0.2) is 0 Å². The molecule has 0 N–H and O–H groups in total. The van der Waals surface area contributed by atoms with Gasteiger partial charge in [-0.05, 0) is 42.9 Å². The third-order valence-electron chi connectivity index (χ3n) is 2.93. The van der Waals surface area contributed by atoms with E-state index in [0.29, 0.717) is 5.92 Å². The third-order valence-corrected chi connectivity index (χ3v) is 2.93. The summed E-state index contributed by atoms with van der Waals surface area (Å²) < 4.78 is 0. The molecule has 1 aliphatic rings. The minimum absolute atomic E-state index is 0.0744. The van der Waals surface area contributed by atoms with E-state index in [4.69, 9.17) is 5.26 Å². The molecule has 0 aromatic heterocycles. The standard InChI is InChI=1S/C14H14N/c1-3-10(2)12-6-7-14(11-4-5-11)13(8-12)9-15/h3,6-8,10-11H,1-2,4-5H2. The van der Waals surface area contributed by atoms with Gasteiger partial charge in [-0.2, -0.15) is 5.26 Å². The lowest BCUT2D eigenvalue weighted by Crippen LogP contribution is -1.94. The number of nitriles is 1. The predicted octanol–water partition coefficient (Wildman–Crippen LogP) is 3.54. The molecule has 15 heavy (non-hydrogen) atoms. The first-order chi connectivity index (χ1) is 7.26. The fraction of sp³-hybridized carbons (Fsp3) is 0.286. The number of hydrogen-bond donors (Lipinski definition) is 0. The summed E-state index contributed by atoms with van der Waals surface area (Å²) in [5, 5.41) is 9.08. The molecule has 1 unspecified atom stereocenters. The van der Waals surface area contributed by atoms with Crippen LogP contribution in [0.5, 0.6) is 0 Å². The van der Waals surface area contributed by atoms with Crippen molar-refractivity contribution in [3.63, 3.8) is 0 Å². The fourth-order valence-electron chi connectivity index (χ4n) is 1.79. The van der Waals surface area contributed by atoms with Crippen LogP contribution < -0.4 is 0 Å². The van der Waals surface area contributed by atoms with Gasteiger partial charge in [0.05, 0.1) is 11.6 Å². The summed E-state index contributed by atoms with van der Waals surface area (Å²) in [5.74, 6) is 0.700. The highest BCUT2D eigenvalue weighted by molar-refractivity contribution is 5.45. The van der Waals surface area contributed by atoms with Gasteiger partial charge >= 0.3 is 0 Å². The maximum Gasteiger partial charge on any atom is 0.0994 e. The lowest BCUT2D eigenvalue weighted by atomic mass is 9.95. The highest BCUT2D eigenvalue weighted by Crippen LogP contribution is 2.42. The molecule has 1 aromatic rings. The van der Waals surface area contributed by atoms with Crippen LogP contribution in [0.15, 0.2) is 30.9 Å². The summed E-state index contributed by atoms with van der Waals surface area (Å²) in [6.07, 6.45) is 4.25. The van der Waals surface area contributed by atoms with Gasteiger partial charge in [-0.25, -0.2) is 0 Å². The van der Waals surface area contributed by atoms with E-state index in [0.717, 1.165) is 11.1 Å². The van der Waals surface area contributed by atoms with E-state index >= 15 is 0 Å². The van der Waals surface area contributed by atoms with Gasteiger partial charge < -0.3 is 0 Å². The largest absolute Gasteiger partial charge is 0.192 e. The van der Waals surface area contributed by atoms with Gasteiger partial charge in [-0.15, -0.1) is 6.58 Å². The summed E-state index contributed by atoms with van der Waals surface area (Å²) in [5.41, 5.74) is 3.09. The fourth-order valence-corrected chi connectivity index (χ4v) is 1.79. The average Bonchev–Trinajstić information content (AvgIpc) is 3.11. The Bertz CT molecular complexity index is 421. The third kappa shape index (κ3) is 1.94. The molecule has 1 heteroatoms. The van der Waals surface area contributed by atoms with Crippen molar-refractivity contribution in [1.29, 1.82) is 5.26 Å². The van der Waals surface area contributed by atoms with Crippen LogP contribution in [0.25, 0.3) is 0 Å². The van der Waals surface area contributed by atoms with Crippen LogP contribution in [-0.4, -0.2) is 0 Å². The highest BCUT2D eigenvalue weighted by atomic mass is 14.3. The molecule has 1 aliphatic carbocycles. The molecule has 0 bridgehead atoms. The Morgan fingerprint density at radius 3 is 2.73 bits per heavy atom. The molecule has 75 valence electrons. The van der Waals surface area contributed by atoms with E-state index < -0.39 is 0 Å². The SMILES string of the molecule is [CH2]C(C=C)c1ccc(C2CC2)c(C#N)c1. The number of rotatable bonds is 3. The summed E-state index contributed by atoms with van der Waals surface area (Å²) >= 11 is 0. The highest BCUT2D eigenvalue weighted by Gasteiger charge is 2.26. The first-order valence-corrected chi connectivity index (χ1v) is 5.26. The second-order valence-electron chi connectivity index (χ2n) is 4.07. The van der Waals surface area contributed by atoms with E-state index in [1.807, 2.05) is 6.07 Å². The molecule has 0 amide bonds. The average molecular weight is 196 g/mol. The zero-order valence-electron chi connectivity index (χ0n) is 8.74. The van der Waals surface area contributed by atoms with Gasteiger partial charge in [-0.1, -0.05) is 18.2 Å². The Morgan fingerprint density at radius 1 is 1.47 bits per heavy atom.